The van der Waals surface area contributed by atoms with Crippen LogP contribution in [-0.4, -0.2) is 47.2 Å². The molecule has 7 nitrogen and oxygen atoms in total. The van der Waals surface area contributed by atoms with Crippen LogP contribution in [0.2, 0.25) is 0 Å². The molecule has 4 bridgehead atoms. The molecule has 7 heteroatoms. The number of nitrogens with one attached hydrogen (secondary N) is 2. The molecular weight excluding hydrogens is 416 g/mol. The zero-order valence-electron chi connectivity index (χ0n) is 19.4. The second-order valence-electron chi connectivity index (χ2n) is 11.1. The van der Waals surface area contributed by atoms with Crippen LogP contribution in [0.1, 0.15) is 63.4 Å². The molecule has 1 aliphatic heterocycles. The van der Waals surface area contributed by atoms with E-state index in [0.29, 0.717) is 38.9 Å². The molecule has 0 spiro atoms. The molecule has 3 amide bonds. The number of aromatic nitrogens is 1. The maximum Gasteiger partial charge on any atom is 0.241 e. The molecule has 2 N–H and O–H groups in total. The highest BCUT2D eigenvalue weighted by atomic mass is 16.2. The van der Waals surface area contributed by atoms with Gasteiger partial charge in [0.1, 0.15) is 0 Å². The van der Waals surface area contributed by atoms with Gasteiger partial charge in [0.25, 0.3) is 0 Å². The molecule has 4 aliphatic carbocycles. The summed E-state index contributed by atoms with van der Waals surface area (Å²) in [4.78, 5) is 43.7. The lowest BCUT2D eigenvalue weighted by molar-refractivity contribution is -0.137. The van der Waals surface area contributed by atoms with E-state index in [1.165, 1.54) is 38.5 Å². The van der Waals surface area contributed by atoms with Crippen molar-refractivity contribution in [3.8, 4) is 0 Å². The van der Waals surface area contributed by atoms with E-state index >= 15 is 0 Å². The van der Waals surface area contributed by atoms with Crippen molar-refractivity contribution in [2.24, 2.45) is 29.1 Å². The number of pyridine rings is 1. The van der Waals surface area contributed by atoms with Gasteiger partial charge < -0.3 is 15.5 Å². The van der Waals surface area contributed by atoms with E-state index in [0.717, 1.165) is 23.3 Å². The summed E-state index contributed by atoms with van der Waals surface area (Å²) in [5.74, 6) is 2.44. The van der Waals surface area contributed by atoms with Gasteiger partial charge in [0.05, 0.1) is 6.54 Å². The number of hydrogen-bond acceptors (Lipinski definition) is 4. The van der Waals surface area contributed by atoms with Gasteiger partial charge in [-0.15, -0.1) is 0 Å². The van der Waals surface area contributed by atoms with E-state index in [-0.39, 0.29) is 35.6 Å². The third kappa shape index (κ3) is 5.22. The van der Waals surface area contributed by atoms with Gasteiger partial charge in [0, 0.05) is 44.4 Å². The molecule has 6 rings (SSSR count). The van der Waals surface area contributed by atoms with Gasteiger partial charge in [-0.3, -0.25) is 19.4 Å². The highest BCUT2D eigenvalue weighted by Gasteiger charge is 2.51. The lowest BCUT2D eigenvalue weighted by Crippen LogP contribution is -2.49. The van der Waals surface area contributed by atoms with Crippen molar-refractivity contribution in [2.75, 3.05) is 19.6 Å². The smallest absolute Gasteiger partial charge is 0.241 e. The van der Waals surface area contributed by atoms with Crippen molar-refractivity contribution in [1.82, 2.24) is 20.5 Å². The van der Waals surface area contributed by atoms with Crippen LogP contribution >= 0.6 is 0 Å². The molecule has 5 fully saturated rings. The Morgan fingerprint density at radius 2 is 1.67 bits per heavy atom. The second-order valence-corrected chi connectivity index (χ2v) is 11.1. The number of nitrogens with zero attached hydrogens (tertiary/aromatic N) is 2. The zero-order valence-corrected chi connectivity index (χ0v) is 19.4. The minimum absolute atomic E-state index is 0.0369. The van der Waals surface area contributed by atoms with Crippen LogP contribution in [-0.2, 0) is 20.9 Å². The van der Waals surface area contributed by atoms with Crippen LogP contribution < -0.4 is 10.6 Å². The SMILES string of the molecule is O=C(CC12CC3CC(CC(C3)C1)C2)NCC(=O)N1CCC(C(=O)NCc2cccnc2)CC1. The number of hydrogen-bond donors (Lipinski definition) is 2. The number of amides is 3. The quantitative estimate of drug-likeness (QED) is 0.665. The molecule has 2 heterocycles. The lowest BCUT2D eigenvalue weighted by Gasteiger charge is -2.56. The Balaban J connectivity index is 1.02. The van der Waals surface area contributed by atoms with Gasteiger partial charge in [-0.25, -0.2) is 0 Å². The highest BCUT2D eigenvalue weighted by molar-refractivity contribution is 5.85. The summed E-state index contributed by atoms with van der Waals surface area (Å²) < 4.78 is 0. The fourth-order valence-corrected chi connectivity index (χ4v) is 7.42. The van der Waals surface area contributed by atoms with Gasteiger partial charge >= 0.3 is 0 Å². The Hall–Kier alpha value is -2.44. The molecule has 33 heavy (non-hydrogen) atoms. The van der Waals surface area contributed by atoms with Crippen LogP contribution in [0.5, 0.6) is 0 Å². The molecule has 0 radical (unpaired) electrons. The summed E-state index contributed by atoms with van der Waals surface area (Å²) in [6.07, 6.45) is 13.1. The monoisotopic (exact) mass is 452 g/mol. The molecule has 1 aromatic heterocycles. The average molecular weight is 453 g/mol. The fraction of sp³-hybridized carbons (Fsp3) is 0.692. The topological polar surface area (TPSA) is 91.4 Å². The molecule has 1 saturated heterocycles. The zero-order chi connectivity index (χ0) is 22.8. The molecule has 5 aliphatic rings. The molecular formula is C26H36N4O3. The summed E-state index contributed by atoms with van der Waals surface area (Å²) in [6.45, 7) is 1.67. The van der Waals surface area contributed by atoms with Crippen molar-refractivity contribution in [1.29, 1.82) is 0 Å². The minimum Gasteiger partial charge on any atom is -0.352 e. The van der Waals surface area contributed by atoms with Crippen LogP contribution in [0, 0.1) is 29.1 Å². The third-order valence-electron chi connectivity index (χ3n) is 8.55. The average Bonchev–Trinajstić information content (AvgIpc) is 2.80. The number of piperidine rings is 1. The second kappa shape index (κ2) is 9.43. The number of carbonyl (C=O) groups is 3. The Morgan fingerprint density at radius 1 is 1.00 bits per heavy atom. The third-order valence-corrected chi connectivity index (χ3v) is 8.55. The van der Waals surface area contributed by atoms with Crippen molar-refractivity contribution in [3.05, 3.63) is 30.1 Å². The van der Waals surface area contributed by atoms with E-state index in [9.17, 15) is 14.4 Å². The minimum atomic E-state index is -0.0728. The van der Waals surface area contributed by atoms with Gasteiger partial charge in [0.15, 0.2) is 0 Å². The van der Waals surface area contributed by atoms with Gasteiger partial charge in [0.2, 0.25) is 17.7 Å². The van der Waals surface area contributed by atoms with E-state index in [1.54, 1.807) is 17.3 Å². The standard InChI is InChI=1S/C26H36N4O3/c31-23(14-26-11-19-8-20(12-26)10-21(9-19)13-26)28-17-24(32)30-6-3-22(4-7-30)25(33)29-16-18-2-1-5-27-15-18/h1-2,5,15,19-22H,3-4,6-14,16-17H2,(H,28,31)(H,29,33). The predicted molar refractivity (Wildman–Crippen MR) is 124 cm³/mol. The summed E-state index contributed by atoms with van der Waals surface area (Å²) in [5, 5.41) is 5.89. The highest BCUT2D eigenvalue weighted by Crippen LogP contribution is 2.61. The van der Waals surface area contributed by atoms with Crippen molar-refractivity contribution in [2.45, 2.75) is 64.3 Å². The summed E-state index contributed by atoms with van der Waals surface area (Å²) in [7, 11) is 0. The summed E-state index contributed by atoms with van der Waals surface area (Å²) in [6, 6.07) is 3.79. The van der Waals surface area contributed by atoms with E-state index in [1.807, 2.05) is 12.1 Å². The summed E-state index contributed by atoms with van der Waals surface area (Å²) >= 11 is 0. The number of likely N-dealkylation sites (tertiary alicyclic amines) is 1. The molecule has 178 valence electrons. The normalized spacial score (nSPS) is 30.8. The van der Waals surface area contributed by atoms with Gasteiger partial charge in [-0.05, 0) is 86.2 Å². The molecule has 1 aromatic rings. The molecule has 4 saturated carbocycles. The van der Waals surface area contributed by atoms with Crippen LogP contribution in [0.25, 0.3) is 0 Å². The molecule has 0 unspecified atom stereocenters. The van der Waals surface area contributed by atoms with Gasteiger partial charge in [-0.1, -0.05) is 6.07 Å². The Bertz CT molecular complexity index is 843. The van der Waals surface area contributed by atoms with E-state index in [2.05, 4.69) is 15.6 Å². The maximum atomic E-state index is 12.7. The Kier molecular flexibility index (Phi) is 6.39. The Labute approximate surface area is 196 Å². The first-order valence-corrected chi connectivity index (χ1v) is 12.7. The lowest BCUT2D eigenvalue weighted by atomic mass is 9.49. The maximum absolute atomic E-state index is 12.7. The predicted octanol–water partition coefficient (Wildman–Crippen LogP) is 2.66. The molecule has 0 atom stereocenters. The number of rotatable bonds is 7. The summed E-state index contributed by atoms with van der Waals surface area (Å²) in [5.41, 5.74) is 1.17. The van der Waals surface area contributed by atoms with Crippen molar-refractivity contribution < 1.29 is 14.4 Å². The first-order chi connectivity index (χ1) is 16.0. The van der Waals surface area contributed by atoms with E-state index < -0.39 is 0 Å². The first kappa shape index (κ1) is 22.4. The number of carbonyl (C=O) groups excluding carboxylic acids is 3. The van der Waals surface area contributed by atoms with Crippen LogP contribution in [0.15, 0.2) is 24.5 Å². The first-order valence-electron chi connectivity index (χ1n) is 12.7. The fourth-order valence-electron chi connectivity index (χ4n) is 7.42. The van der Waals surface area contributed by atoms with Gasteiger partial charge in [-0.2, -0.15) is 0 Å². The largest absolute Gasteiger partial charge is 0.352 e. The Morgan fingerprint density at radius 3 is 2.27 bits per heavy atom. The van der Waals surface area contributed by atoms with Crippen LogP contribution in [0.3, 0.4) is 0 Å². The van der Waals surface area contributed by atoms with Crippen LogP contribution in [0.4, 0.5) is 0 Å². The van der Waals surface area contributed by atoms with E-state index in [4.69, 9.17) is 0 Å². The van der Waals surface area contributed by atoms with Crippen molar-refractivity contribution in [3.63, 3.8) is 0 Å². The molecule has 0 aromatic carbocycles. The van der Waals surface area contributed by atoms with Crippen molar-refractivity contribution >= 4 is 17.7 Å².